The van der Waals surface area contributed by atoms with Gasteiger partial charge in [-0.1, -0.05) is 5.16 Å². The quantitative estimate of drug-likeness (QED) is 0.165. The topological polar surface area (TPSA) is 78.8 Å². The van der Waals surface area contributed by atoms with Gasteiger partial charge in [-0.3, -0.25) is 0 Å². The summed E-state index contributed by atoms with van der Waals surface area (Å²) in [5, 5.41) is 19.1. The molecule has 4 N–H and O–H groups in total. The van der Waals surface area contributed by atoms with E-state index in [0.29, 0.717) is 11.5 Å². The Bertz CT molecular complexity index is 96.6. The van der Waals surface area contributed by atoms with Crippen molar-refractivity contribution in [3.8, 4) is 0 Å². The molecule has 0 bridgehead atoms. The van der Waals surface area contributed by atoms with E-state index in [2.05, 4.69) is 5.16 Å². The number of oxime groups is 1. The van der Waals surface area contributed by atoms with Gasteiger partial charge in [-0.2, -0.15) is 11.8 Å². The van der Waals surface area contributed by atoms with Gasteiger partial charge in [-0.15, -0.1) is 0 Å². The molecule has 0 saturated heterocycles. The Balaban J connectivity index is 3.07. The molecule has 0 aromatic rings. The number of nitrogens with zero attached hydrogens (tertiary/aromatic N) is 1. The summed E-state index contributed by atoms with van der Waals surface area (Å²) in [6.45, 7) is 0.128. The van der Waals surface area contributed by atoms with E-state index in [4.69, 9.17) is 16.0 Å². The first-order valence-corrected chi connectivity index (χ1v) is 3.61. The van der Waals surface area contributed by atoms with Crippen molar-refractivity contribution in [3.63, 3.8) is 0 Å². The normalized spacial score (nSPS) is 11.9. The summed E-state index contributed by atoms with van der Waals surface area (Å²) >= 11 is 1.42. The van der Waals surface area contributed by atoms with Crippen molar-refractivity contribution in [2.75, 3.05) is 18.1 Å². The standard InChI is InChI=1S/C4H10N2O2S/c5-4(6-8)3-9-2-1-7/h7-8H,1-3H2,(H2,5,6). The number of hydrogen-bond acceptors (Lipinski definition) is 4. The lowest BCUT2D eigenvalue weighted by atomic mass is 10.7. The molecule has 0 atom stereocenters. The highest BCUT2D eigenvalue weighted by atomic mass is 32.2. The molecule has 0 aliphatic carbocycles. The predicted molar refractivity (Wildman–Crippen MR) is 37.8 cm³/mol. The van der Waals surface area contributed by atoms with Crippen LogP contribution in [-0.4, -0.2) is 34.3 Å². The van der Waals surface area contributed by atoms with Crippen LogP contribution in [0.3, 0.4) is 0 Å². The van der Waals surface area contributed by atoms with E-state index in [1.807, 2.05) is 0 Å². The van der Waals surface area contributed by atoms with Gasteiger partial charge < -0.3 is 16.0 Å². The lowest BCUT2D eigenvalue weighted by Crippen LogP contribution is -2.14. The summed E-state index contributed by atoms with van der Waals surface area (Å²) in [6.07, 6.45) is 0. The SMILES string of the molecule is N/C(CSCCO)=N\O. The Morgan fingerprint density at radius 2 is 2.33 bits per heavy atom. The Hall–Kier alpha value is -0.420. The van der Waals surface area contributed by atoms with E-state index in [9.17, 15) is 0 Å². The van der Waals surface area contributed by atoms with Crippen molar-refractivity contribution < 1.29 is 10.3 Å². The Labute approximate surface area is 57.7 Å². The highest BCUT2D eigenvalue weighted by molar-refractivity contribution is 7.99. The molecule has 0 heterocycles. The van der Waals surface area contributed by atoms with E-state index >= 15 is 0 Å². The summed E-state index contributed by atoms with van der Waals surface area (Å²) in [4.78, 5) is 0. The third-order valence-electron chi connectivity index (χ3n) is 0.614. The number of thioether (sulfide) groups is 1. The van der Waals surface area contributed by atoms with Crippen molar-refractivity contribution in [1.29, 1.82) is 0 Å². The lowest BCUT2D eigenvalue weighted by molar-refractivity contribution is 0.318. The molecule has 0 aliphatic rings. The fraction of sp³-hybridized carbons (Fsp3) is 0.750. The minimum Gasteiger partial charge on any atom is -0.409 e. The summed E-state index contributed by atoms with van der Waals surface area (Å²) in [5.41, 5.74) is 5.11. The third kappa shape index (κ3) is 5.45. The molecule has 0 rings (SSSR count). The second-order valence-corrected chi connectivity index (χ2v) is 2.47. The van der Waals surface area contributed by atoms with Crippen molar-refractivity contribution in [2.45, 2.75) is 0 Å². The van der Waals surface area contributed by atoms with Gasteiger partial charge in [0.15, 0.2) is 0 Å². The number of nitrogens with two attached hydrogens (primary N) is 1. The molecule has 54 valence electrons. The van der Waals surface area contributed by atoms with Crippen LogP contribution in [0.25, 0.3) is 0 Å². The largest absolute Gasteiger partial charge is 0.409 e. The van der Waals surface area contributed by atoms with Gasteiger partial charge in [0.25, 0.3) is 0 Å². The van der Waals surface area contributed by atoms with Gasteiger partial charge in [0, 0.05) is 5.75 Å². The maximum absolute atomic E-state index is 8.29. The van der Waals surface area contributed by atoms with Crippen LogP contribution in [0.5, 0.6) is 0 Å². The average molecular weight is 150 g/mol. The van der Waals surface area contributed by atoms with E-state index in [1.54, 1.807) is 0 Å². The van der Waals surface area contributed by atoms with E-state index in [0.717, 1.165) is 0 Å². The Kier molecular flexibility index (Phi) is 5.45. The highest BCUT2D eigenvalue weighted by Gasteiger charge is 1.90. The second-order valence-electron chi connectivity index (χ2n) is 1.37. The maximum atomic E-state index is 8.29. The molecule has 0 aliphatic heterocycles. The number of aliphatic hydroxyl groups excluding tert-OH is 1. The van der Waals surface area contributed by atoms with Crippen molar-refractivity contribution in [3.05, 3.63) is 0 Å². The van der Waals surface area contributed by atoms with Gasteiger partial charge >= 0.3 is 0 Å². The molecule has 0 aromatic carbocycles. The first kappa shape index (κ1) is 8.58. The summed E-state index contributed by atoms with van der Waals surface area (Å²) < 4.78 is 0. The van der Waals surface area contributed by atoms with Crippen LogP contribution in [0, 0.1) is 0 Å². The minimum absolute atomic E-state index is 0.128. The zero-order valence-corrected chi connectivity index (χ0v) is 5.77. The Morgan fingerprint density at radius 3 is 2.78 bits per heavy atom. The van der Waals surface area contributed by atoms with E-state index in [-0.39, 0.29) is 12.4 Å². The Morgan fingerprint density at radius 1 is 1.67 bits per heavy atom. The second kappa shape index (κ2) is 5.71. The summed E-state index contributed by atoms with van der Waals surface area (Å²) in [5.74, 6) is 1.28. The van der Waals surface area contributed by atoms with Gasteiger partial charge in [-0.25, -0.2) is 0 Å². The molecule has 5 heteroatoms. The zero-order chi connectivity index (χ0) is 7.11. The smallest absolute Gasteiger partial charge is 0.149 e. The molecular formula is C4H10N2O2S. The van der Waals surface area contributed by atoms with Crippen molar-refractivity contribution >= 4 is 17.6 Å². The van der Waals surface area contributed by atoms with E-state index < -0.39 is 0 Å². The van der Waals surface area contributed by atoms with Crippen LogP contribution < -0.4 is 5.73 Å². The molecule has 0 aromatic heterocycles. The van der Waals surface area contributed by atoms with Crippen LogP contribution in [0.4, 0.5) is 0 Å². The van der Waals surface area contributed by atoms with Crippen LogP contribution in [0.1, 0.15) is 0 Å². The minimum atomic E-state index is 0.128. The fourth-order valence-electron chi connectivity index (χ4n) is 0.270. The molecule has 0 amide bonds. The zero-order valence-electron chi connectivity index (χ0n) is 4.95. The first-order valence-electron chi connectivity index (χ1n) is 2.46. The number of amidine groups is 1. The van der Waals surface area contributed by atoms with Crippen molar-refractivity contribution in [2.24, 2.45) is 10.9 Å². The van der Waals surface area contributed by atoms with Gasteiger partial charge in [0.1, 0.15) is 5.84 Å². The summed E-state index contributed by atoms with van der Waals surface area (Å²) in [7, 11) is 0. The van der Waals surface area contributed by atoms with Crippen LogP contribution >= 0.6 is 11.8 Å². The third-order valence-corrected chi connectivity index (χ3v) is 1.59. The number of aliphatic hydroxyl groups is 1. The van der Waals surface area contributed by atoms with Gasteiger partial charge in [0.2, 0.25) is 0 Å². The van der Waals surface area contributed by atoms with Gasteiger partial charge in [-0.05, 0) is 0 Å². The van der Waals surface area contributed by atoms with Gasteiger partial charge in [0.05, 0.1) is 12.4 Å². The van der Waals surface area contributed by atoms with E-state index in [1.165, 1.54) is 11.8 Å². The first-order chi connectivity index (χ1) is 4.31. The molecule has 0 fully saturated rings. The average Bonchev–Trinajstić information content (AvgIpc) is 1.89. The molecule has 0 radical (unpaired) electrons. The maximum Gasteiger partial charge on any atom is 0.149 e. The number of rotatable bonds is 4. The van der Waals surface area contributed by atoms with Crippen LogP contribution in [-0.2, 0) is 0 Å². The molecule has 9 heavy (non-hydrogen) atoms. The monoisotopic (exact) mass is 150 g/mol. The van der Waals surface area contributed by atoms with Crippen LogP contribution in [0.2, 0.25) is 0 Å². The van der Waals surface area contributed by atoms with Crippen LogP contribution in [0.15, 0.2) is 5.16 Å². The molecule has 0 spiro atoms. The molecule has 0 saturated carbocycles. The van der Waals surface area contributed by atoms with Crippen molar-refractivity contribution in [1.82, 2.24) is 0 Å². The fourth-order valence-corrected chi connectivity index (χ4v) is 0.810. The predicted octanol–water partition coefficient (Wildman–Crippen LogP) is -0.542. The molecule has 0 unspecified atom stereocenters. The number of hydrogen-bond donors (Lipinski definition) is 3. The highest BCUT2D eigenvalue weighted by Crippen LogP contribution is 1.96. The molecular weight excluding hydrogens is 140 g/mol. The molecule has 4 nitrogen and oxygen atoms in total. The summed E-state index contributed by atoms with van der Waals surface area (Å²) in [6, 6.07) is 0. The lowest BCUT2D eigenvalue weighted by Gasteiger charge is -1.94.